The molecule has 1 amide bonds. The molecule has 0 radical (unpaired) electrons. The number of rotatable bonds is 3. The van der Waals surface area contributed by atoms with Gasteiger partial charge in [-0.1, -0.05) is 29.8 Å². The summed E-state index contributed by atoms with van der Waals surface area (Å²) in [6, 6.07) is 13.1. The van der Waals surface area contributed by atoms with Gasteiger partial charge in [-0.3, -0.25) is 4.79 Å². The third-order valence-corrected chi connectivity index (χ3v) is 7.68. The third kappa shape index (κ3) is 3.71. The normalized spacial score (nSPS) is 22.3. The van der Waals surface area contributed by atoms with Crippen molar-refractivity contribution in [2.45, 2.75) is 23.8 Å². The van der Waals surface area contributed by atoms with Gasteiger partial charge in [0.15, 0.2) is 5.60 Å². The monoisotopic (exact) mass is 448 g/mol. The lowest BCUT2D eigenvalue weighted by Crippen LogP contribution is -2.58. The molecule has 1 saturated heterocycles. The van der Waals surface area contributed by atoms with Crippen molar-refractivity contribution in [3.63, 3.8) is 0 Å². The standard InChI is InChI=1S/C21H21ClN2O5S/c1-21(14-15-4-2-3-5-18(15)19(25)29-21)20(26)23-10-12-24(13-11-23)30(27,28)17-8-6-16(22)7-9-17/h2-9H,10-14H2,1H3/t21-/m0/s1. The van der Waals surface area contributed by atoms with Gasteiger partial charge in [0.2, 0.25) is 10.0 Å². The maximum absolute atomic E-state index is 13.2. The van der Waals surface area contributed by atoms with Crippen molar-refractivity contribution in [1.82, 2.24) is 9.21 Å². The Kier molecular flexibility index (Phi) is 5.34. The number of hydrogen-bond donors (Lipinski definition) is 0. The summed E-state index contributed by atoms with van der Waals surface area (Å²) < 4.78 is 32.5. The molecule has 2 aliphatic heterocycles. The number of fused-ring (bicyclic) bond motifs is 1. The summed E-state index contributed by atoms with van der Waals surface area (Å²) in [4.78, 5) is 27.3. The third-order valence-electron chi connectivity index (χ3n) is 5.51. The number of benzene rings is 2. The Morgan fingerprint density at radius 2 is 1.67 bits per heavy atom. The number of sulfonamides is 1. The second kappa shape index (κ2) is 7.68. The molecule has 4 rings (SSSR count). The van der Waals surface area contributed by atoms with E-state index < -0.39 is 21.6 Å². The highest BCUT2D eigenvalue weighted by Gasteiger charge is 2.45. The molecule has 2 aromatic carbocycles. The van der Waals surface area contributed by atoms with Gasteiger partial charge in [-0.05, 0) is 42.8 Å². The highest BCUT2D eigenvalue weighted by atomic mass is 35.5. The van der Waals surface area contributed by atoms with Crippen LogP contribution in [-0.4, -0.2) is 61.3 Å². The molecule has 30 heavy (non-hydrogen) atoms. The van der Waals surface area contributed by atoms with E-state index in [-0.39, 0.29) is 43.4 Å². The SMILES string of the molecule is C[C@@]1(C(=O)N2CCN(S(=O)(=O)c3ccc(Cl)cc3)CC2)Cc2ccccc2C(=O)O1. The maximum atomic E-state index is 13.2. The van der Waals surface area contributed by atoms with Crippen molar-refractivity contribution in [2.24, 2.45) is 0 Å². The minimum Gasteiger partial charge on any atom is -0.445 e. The van der Waals surface area contributed by atoms with E-state index in [1.54, 1.807) is 24.0 Å². The Morgan fingerprint density at radius 1 is 1.03 bits per heavy atom. The van der Waals surface area contributed by atoms with Gasteiger partial charge in [0.1, 0.15) is 0 Å². The lowest BCUT2D eigenvalue weighted by atomic mass is 9.89. The Balaban J connectivity index is 1.46. The molecule has 2 aromatic rings. The van der Waals surface area contributed by atoms with E-state index in [0.717, 1.165) is 5.56 Å². The molecule has 0 aromatic heterocycles. The average Bonchev–Trinajstić information content (AvgIpc) is 2.73. The van der Waals surface area contributed by atoms with Crippen molar-refractivity contribution in [1.29, 1.82) is 0 Å². The molecule has 0 unspecified atom stereocenters. The summed E-state index contributed by atoms with van der Waals surface area (Å²) >= 11 is 5.84. The molecule has 0 aliphatic carbocycles. The van der Waals surface area contributed by atoms with Crippen LogP contribution in [0.15, 0.2) is 53.4 Å². The number of carbonyl (C=O) groups excluding carboxylic acids is 2. The summed E-state index contributed by atoms with van der Waals surface area (Å²) in [7, 11) is -3.67. The minimum absolute atomic E-state index is 0.163. The van der Waals surface area contributed by atoms with Crippen molar-refractivity contribution < 1.29 is 22.7 Å². The number of amides is 1. The molecule has 0 spiro atoms. The van der Waals surface area contributed by atoms with E-state index in [4.69, 9.17) is 16.3 Å². The molecule has 1 fully saturated rings. The van der Waals surface area contributed by atoms with Crippen LogP contribution in [0.4, 0.5) is 0 Å². The molecule has 0 N–H and O–H groups in total. The van der Waals surface area contributed by atoms with E-state index in [1.165, 1.54) is 28.6 Å². The van der Waals surface area contributed by atoms with E-state index >= 15 is 0 Å². The number of carbonyl (C=O) groups is 2. The highest BCUT2D eigenvalue weighted by Crippen LogP contribution is 2.30. The second-order valence-electron chi connectivity index (χ2n) is 7.60. The number of hydrogen-bond acceptors (Lipinski definition) is 5. The maximum Gasteiger partial charge on any atom is 0.339 e. The first-order valence-electron chi connectivity index (χ1n) is 9.57. The molecule has 9 heteroatoms. The average molecular weight is 449 g/mol. The molecular weight excluding hydrogens is 428 g/mol. The number of halogens is 1. The Hall–Kier alpha value is -2.42. The van der Waals surface area contributed by atoms with Gasteiger partial charge < -0.3 is 9.64 Å². The van der Waals surface area contributed by atoms with E-state index in [2.05, 4.69) is 0 Å². The van der Waals surface area contributed by atoms with Crippen LogP contribution in [0.25, 0.3) is 0 Å². The summed E-state index contributed by atoms with van der Waals surface area (Å²) in [5.41, 5.74) is -0.0574. The van der Waals surface area contributed by atoms with Crippen LogP contribution < -0.4 is 0 Å². The molecule has 7 nitrogen and oxygen atoms in total. The van der Waals surface area contributed by atoms with E-state index in [9.17, 15) is 18.0 Å². The van der Waals surface area contributed by atoms with Gasteiger partial charge in [0, 0.05) is 37.6 Å². The van der Waals surface area contributed by atoms with Crippen molar-refractivity contribution in [3.8, 4) is 0 Å². The first-order chi connectivity index (χ1) is 14.2. The zero-order valence-electron chi connectivity index (χ0n) is 16.4. The van der Waals surface area contributed by atoms with Crippen LogP contribution in [-0.2, 0) is 26.0 Å². The fourth-order valence-electron chi connectivity index (χ4n) is 3.87. The highest BCUT2D eigenvalue weighted by molar-refractivity contribution is 7.89. The Labute approximate surface area is 180 Å². The lowest BCUT2D eigenvalue weighted by Gasteiger charge is -2.40. The summed E-state index contributed by atoms with van der Waals surface area (Å²) in [5.74, 6) is -0.828. The minimum atomic E-state index is -3.67. The smallest absolute Gasteiger partial charge is 0.339 e. The predicted octanol–water partition coefficient (Wildman–Crippen LogP) is 2.34. The Bertz CT molecular complexity index is 1090. The molecule has 0 bridgehead atoms. The summed E-state index contributed by atoms with van der Waals surface area (Å²) in [6.45, 7) is 2.38. The number of ether oxygens (including phenoxy) is 1. The van der Waals surface area contributed by atoms with Gasteiger partial charge in [-0.15, -0.1) is 0 Å². The Morgan fingerprint density at radius 3 is 2.33 bits per heavy atom. The van der Waals surface area contributed by atoms with Gasteiger partial charge in [0.25, 0.3) is 5.91 Å². The van der Waals surface area contributed by atoms with Crippen LogP contribution >= 0.6 is 11.6 Å². The number of nitrogens with zero attached hydrogens (tertiary/aromatic N) is 2. The molecule has 0 saturated carbocycles. The van der Waals surface area contributed by atoms with Crippen molar-refractivity contribution in [3.05, 3.63) is 64.7 Å². The van der Waals surface area contributed by atoms with Gasteiger partial charge >= 0.3 is 5.97 Å². The first kappa shape index (κ1) is 20.8. The second-order valence-corrected chi connectivity index (χ2v) is 9.98. The first-order valence-corrected chi connectivity index (χ1v) is 11.4. The van der Waals surface area contributed by atoms with Crippen LogP contribution in [0, 0.1) is 0 Å². The van der Waals surface area contributed by atoms with Crippen LogP contribution in [0.5, 0.6) is 0 Å². The summed E-state index contributed by atoms with van der Waals surface area (Å²) in [6.07, 6.45) is 0.289. The van der Waals surface area contributed by atoms with Gasteiger partial charge in [0.05, 0.1) is 10.5 Å². The lowest BCUT2D eigenvalue weighted by molar-refractivity contribution is -0.152. The van der Waals surface area contributed by atoms with E-state index in [0.29, 0.717) is 10.6 Å². The van der Waals surface area contributed by atoms with Crippen molar-refractivity contribution in [2.75, 3.05) is 26.2 Å². The fourth-order valence-corrected chi connectivity index (χ4v) is 5.42. The largest absolute Gasteiger partial charge is 0.445 e. The van der Waals surface area contributed by atoms with Gasteiger partial charge in [-0.2, -0.15) is 4.31 Å². The number of piperazine rings is 1. The van der Waals surface area contributed by atoms with Crippen LogP contribution in [0.2, 0.25) is 5.02 Å². The number of cyclic esters (lactones) is 1. The van der Waals surface area contributed by atoms with Crippen LogP contribution in [0.3, 0.4) is 0 Å². The molecule has 2 aliphatic rings. The summed E-state index contributed by atoms with van der Waals surface area (Å²) in [5, 5.41) is 0.459. The molecular formula is C21H21ClN2O5S. The molecule has 2 heterocycles. The quantitative estimate of drug-likeness (QED) is 0.673. The van der Waals surface area contributed by atoms with Crippen molar-refractivity contribution >= 4 is 33.5 Å². The molecule has 1 atom stereocenters. The fraction of sp³-hybridized carbons (Fsp3) is 0.333. The van der Waals surface area contributed by atoms with Gasteiger partial charge in [-0.25, -0.2) is 13.2 Å². The predicted molar refractivity (Wildman–Crippen MR) is 111 cm³/mol. The molecule has 158 valence electrons. The topological polar surface area (TPSA) is 84.0 Å². The zero-order valence-corrected chi connectivity index (χ0v) is 17.9. The van der Waals surface area contributed by atoms with Crippen LogP contribution in [0.1, 0.15) is 22.8 Å². The zero-order chi connectivity index (χ0) is 21.5. The van der Waals surface area contributed by atoms with E-state index in [1.807, 2.05) is 12.1 Å². The number of esters is 1.